The van der Waals surface area contributed by atoms with Crippen LogP contribution in [0, 0.1) is 0 Å². The van der Waals surface area contributed by atoms with Crippen molar-refractivity contribution in [3.8, 4) is 0 Å². The lowest BCUT2D eigenvalue weighted by molar-refractivity contribution is 0.0708. The Hall–Kier alpha value is -3.06. The normalized spacial score (nSPS) is 15.3. The molecule has 2 aromatic heterocycles. The fourth-order valence-corrected chi connectivity index (χ4v) is 4.88. The summed E-state index contributed by atoms with van der Waals surface area (Å²) in [5, 5.41) is 0.971. The summed E-state index contributed by atoms with van der Waals surface area (Å²) in [6.07, 6.45) is 4.84. The van der Waals surface area contributed by atoms with Crippen LogP contribution in [0.4, 0.5) is 17.2 Å². The van der Waals surface area contributed by atoms with Crippen LogP contribution in [-0.4, -0.2) is 67.6 Å². The number of hydrogen-bond acceptors (Lipinski definition) is 4. The molecule has 0 aliphatic carbocycles. The molecule has 3 N–H and O–H groups in total. The SMILES string of the molecule is CCC[N+](C)(C)c1cccnc1N(C)C1CCN(C(=O)c2cc3cc(N)ccc3[nH]2)CC1. The Kier molecular flexibility index (Phi) is 6.11. The van der Waals surface area contributed by atoms with Crippen LogP contribution in [0.1, 0.15) is 36.7 Å². The van der Waals surface area contributed by atoms with Gasteiger partial charge in [0.1, 0.15) is 5.69 Å². The molecule has 0 spiro atoms. The van der Waals surface area contributed by atoms with E-state index in [1.54, 1.807) is 0 Å². The monoisotopic (exact) mass is 435 g/mol. The Bertz CT molecular complexity index is 1100. The number of aromatic amines is 1. The van der Waals surface area contributed by atoms with Crippen molar-refractivity contribution in [1.29, 1.82) is 0 Å². The molecule has 32 heavy (non-hydrogen) atoms. The topological polar surface area (TPSA) is 78.2 Å². The summed E-state index contributed by atoms with van der Waals surface area (Å²) in [7, 11) is 6.63. The minimum absolute atomic E-state index is 0.0557. The molecule has 1 aliphatic rings. The summed E-state index contributed by atoms with van der Waals surface area (Å²) < 4.78 is 0.812. The molecule has 3 aromatic rings. The summed E-state index contributed by atoms with van der Waals surface area (Å²) in [6.45, 7) is 4.76. The lowest BCUT2D eigenvalue weighted by Crippen LogP contribution is -2.47. The van der Waals surface area contributed by atoms with E-state index >= 15 is 0 Å². The maximum atomic E-state index is 13.1. The van der Waals surface area contributed by atoms with Crippen LogP contribution in [-0.2, 0) is 0 Å². The number of piperidine rings is 1. The fourth-order valence-electron chi connectivity index (χ4n) is 4.88. The number of fused-ring (bicyclic) bond motifs is 1. The van der Waals surface area contributed by atoms with E-state index < -0.39 is 0 Å². The van der Waals surface area contributed by atoms with Crippen molar-refractivity contribution in [2.24, 2.45) is 0 Å². The molecule has 1 aromatic carbocycles. The number of carbonyl (C=O) groups excluding carboxylic acids is 1. The molecule has 3 heterocycles. The second kappa shape index (κ2) is 8.82. The van der Waals surface area contributed by atoms with E-state index in [4.69, 9.17) is 10.7 Å². The van der Waals surface area contributed by atoms with Gasteiger partial charge in [-0.05, 0) is 49.6 Å². The molecule has 0 unspecified atom stereocenters. The molecular weight excluding hydrogens is 400 g/mol. The van der Waals surface area contributed by atoms with Crippen molar-refractivity contribution in [3.63, 3.8) is 0 Å². The lowest BCUT2D eigenvalue weighted by Gasteiger charge is -2.39. The van der Waals surface area contributed by atoms with Crippen molar-refractivity contribution in [2.45, 2.75) is 32.2 Å². The van der Waals surface area contributed by atoms with Gasteiger partial charge in [-0.1, -0.05) is 6.92 Å². The van der Waals surface area contributed by atoms with E-state index in [2.05, 4.69) is 44.0 Å². The number of likely N-dealkylation sites (tertiary alicyclic amines) is 1. The minimum atomic E-state index is 0.0557. The van der Waals surface area contributed by atoms with Gasteiger partial charge >= 0.3 is 0 Å². The smallest absolute Gasteiger partial charge is 0.270 e. The highest BCUT2D eigenvalue weighted by Crippen LogP contribution is 2.32. The van der Waals surface area contributed by atoms with E-state index in [1.807, 2.05) is 41.4 Å². The number of nitrogens with two attached hydrogens (primary N) is 1. The van der Waals surface area contributed by atoms with E-state index in [9.17, 15) is 4.79 Å². The molecule has 0 radical (unpaired) electrons. The number of nitrogens with one attached hydrogen (secondary N) is 1. The molecular formula is C25H35N6O+. The molecule has 170 valence electrons. The number of aromatic nitrogens is 2. The highest BCUT2D eigenvalue weighted by atomic mass is 16.2. The third kappa shape index (κ3) is 4.30. The summed E-state index contributed by atoms with van der Waals surface area (Å²) in [6, 6.07) is 12.1. The van der Waals surface area contributed by atoms with Crippen LogP contribution in [0.3, 0.4) is 0 Å². The third-order valence-electron chi connectivity index (χ3n) is 6.71. The largest absolute Gasteiger partial charge is 0.399 e. The van der Waals surface area contributed by atoms with Gasteiger partial charge in [-0.15, -0.1) is 0 Å². The van der Waals surface area contributed by atoms with Crippen molar-refractivity contribution < 1.29 is 4.79 Å². The van der Waals surface area contributed by atoms with Crippen LogP contribution >= 0.6 is 0 Å². The van der Waals surface area contributed by atoms with Gasteiger partial charge in [0.15, 0.2) is 11.5 Å². The molecule has 1 aliphatic heterocycles. The van der Waals surface area contributed by atoms with Gasteiger partial charge in [-0.2, -0.15) is 0 Å². The second-order valence-electron chi connectivity index (χ2n) is 9.42. The van der Waals surface area contributed by atoms with Gasteiger partial charge in [0, 0.05) is 55.0 Å². The van der Waals surface area contributed by atoms with Crippen molar-refractivity contribution in [2.75, 3.05) is 51.4 Å². The average Bonchev–Trinajstić information content (AvgIpc) is 3.21. The zero-order chi connectivity index (χ0) is 22.9. The number of benzene rings is 1. The maximum absolute atomic E-state index is 13.1. The first-order valence-electron chi connectivity index (χ1n) is 11.5. The first kappa shape index (κ1) is 22.1. The van der Waals surface area contributed by atoms with Gasteiger partial charge in [0.2, 0.25) is 0 Å². The number of carbonyl (C=O) groups is 1. The van der Waals surface area contributed by atoms with Crippen LogP contribution in [0.2, 0.25) is 0 Å². The fraction of sp³-hybridized carbons (Fsp3) is 0.440. The van der Waals surface area contributed by atoms with Gasteiger partial charge in [-0.3, -0.25) is 9.28 Å². The lowest BCUT2D eigenvalue weighted by atomic mass is 10.0. The Morgan fingerprint density at radius 3 is 2.72 bits per heavy atom. The molecule has 1 fully saturated rings. The number of nitrogens with zero attached hydrogens (tertiary/aromatic N) is 4. The van der Waals surface area contributed by atoms with Gasteiger partial charge in [-0.25, -0.2) is 4.98 Å². The van der Waals surface area contributed by atoms with E-state index in [0.717, 1.165) is 60.1 Å². The average molecular weight is 436 g/mol. The van der Waals surface area contributed by atoms with Gasteiger partial charge < -0.3 is 20.5 Å². The number of amides is 1. The Morgan fingerprint density at radius 1 is 1.25 bits per heavy atom. The van der Waals surface area contributed by atoms with Gasteiger partial charge in [0.05, 0.1) is 20.6 Å². The maximum Gasteiger partial charge on any atom is 0.270 e. The number of hydrogen-bond donors (Lipinski definition) is 2. The first-order chi connectivity index (χ1) is 15.3. The van der Waals surface area contributed by atoms with Gasteiger partial charge in [0.25, 0.3) is 5.91 Å². The zero-order valence-electron chi connectivity index (χ0n) is 19.6. The Labute approximate surface area is 190 Å². The zero-order valence-corrected chi connectivity index (χ0v) is 19.6. The van der Waals surface area contributed by atoms with Crippen LogP contribution < -0.4 is 15.1 Å². The molecule has 1 saturated heterocycles. The standard InChI is InChI=1S/C25H34N6O/c1-5-15-31(3,4)23-7-6-12-27-24(23)29(2)20-10-13-30(14-11-20)25(32)22-17-18-16-19(26)8-9-21(18)28-22/h6-9,12,16-17,20H,5,10-11,13-15,26H2,1-4H3/p+1. The number of H-pyrrole nitrogens is 1. The molecule has 0 atom stereocenters. The summed E-state index contributed by atoms with van der Waals surface area (Å²) in [5.74, 6) is 1.10. The molecule has 7 nitrogen and oxygen atoms in total. The molecule has 7 heteroatoms. The summed E-state index contributed by atoms with van der Waals surface area (Å²) in [5.41, 5.74) is 9.39. The molecule has 1 amide bonds. The summed E-state index contributed by atoms with van der Waals surface area (Å²) in [4.78, 5) is 25.4. The Balaban J connectivity index is 1.45. The molecule has 0 bridgehead atoms. The van der Waals surface area contributed by atoms with Crippen molar-refractivity contribution in [1.82, 2.24) is 19.4 Å². The number of anilines is 2. The predicted octanol–water partition coefficient (Wildman–Crippen LogP) is 3.86. The minimum Gasteiger partial charge on any atom is -0.399 e. The number of pyridine rings is 1. The number of quaternary nitrogens is 1. The molecule has 4 rings (SSSR count). The number of rotatable bonds is 6. The quantitative estimate of drug-likeness (QED) is 0.455. The summed E-state index contributed by atoms with van der Waals surface area (Å²) >= 11 is 0. The Morgan fingerprint density at radius 2 is 2.00 bits per heavy atom. The van der Waals surface area contributed by atoms with Crippen LogP contribution in [0.25, 0.3) is 10.9 Å². The number of nitrogen functional groups attached to an aromatic ring is 1. The first-order valence-corrected chi connectivity index (χ1v) is 11.5. The van der Waals surface area contributed by atoms with Crippen molar-refractivity contribution >= 4 is 34.0 Å². The van der Waals surface area contributed by atoms with Crippen molar-refractivity contribution in [3.05, 3.63) is 48.3 Å². The van der Waals surface area contributed by atoms with Crippen LogP contribution in [0.15, 0.2) is 42.6 Å². The second-order valence-corrected chi connectivity index (χ2v) is 9.42. The highest BCUT2D eigenvalue weighted by Gasteiger charge is 2.31. The third-order valence-corrected chi connectivity index (χ3v) is 6.71. The molecule has 0 saturated carbocycles. The van der Waals surface area contributed by atoms with E-state index in [0.29, 0.717) is 17.4 Å². The van der Waals surface area contributed by atoms with E-state index in [-0.39, 0.29) is 5.91 Å². The van der Waals surface area contributed by atoms with E-state index in [1.165, 1.54) is 5.69 Å². The highest BCUT2D eigenvalue weighted by molar-refractivity contribution is 5.98. The van der Waals surface area contributed by atoms with Crippen LogP contribution in [0.5, 0.6) is 0 Å². The predicted molar refractivity (Wildman–Crippen MR) is 133 cm³/mol.